The third-order valence-electron chi connectivity index (χ3n) is 9.34. The average molecular weight is 787 g/mol. The number of nitro benzene ring substituents is 1. The van der Waals surface area contributed by atoms with Gasteiger partial charge in [0.25, 0.3) is 0 Å². The Hall–Kier alpha value is -6.34. The van der Waals surface area contributed by atoms with Crippen molar-refractivity contribution in [2.24, 2.45) is 0 Å². The Morgan fingerprint density at radius 2 is 1.25 bits per heavy atom. The van der Waals surface area contributed by atoms with Crippen LogP contribution < -0.4 is 9.47 Å². The van der Waals surface area contributed by atoms with E-state index in [0.29, 0.717) is 25.1 Å². The molecule has 57 heavy (non-hydrogen) atoms. The van der Waals surface area contributed by atoms with E-state index in [2.05, 4.69) is 0 Å². The van der Waals surface area contributed by atoms with Gasteiger partial charge in [0.2, 0.25) is 9.84 Å². The van der Waals surface area contributed by atoms with Crippen molar-refractivity contribution in [3.05, 3.63) is 195 Å². The van der Waals surface area contributed by atoms with Crippen LogP contribution in [0.2, 0.25) is 0 Å². The Labute approximate surface area is 331 Å². The van der Waals surface area contributed by atoms with Crippen LogP contribution >= 0.6 is 0 Å². The number of aliphatic hydroxyl groups excluding tert-OH is 1. The molecule has 11 nitrogen and oxygen atoms in total. The predicted octanol–water partition coefficient (Wildman–Crippen LogP) is 8.15. The standard InChI is InChI=1S/C45H42N2O9S/c1-54-45(49)40-28-39(22-24-43(40)55-31-35-13-7-3-8-14-35)57(52,53)38-20-17-33(18-21-38)25-26-46(29-34-11-5-2-6-12-34)30-42(48)37-19-23-44(41(27-37)47(50)51)56-32-36-15-9-4-10-16-36/h2-24,27-28,42,48H,25-26,29-32H2,1H3/t42-/m1/s1. The molecular formula is C45H42N2O9S. The zero-order chi connectivity index (χ0) is 40.2. The number of hydrogen-bond acceptors (Lipinski definition) is 10. The quantitative estimate of drug-likeness (QED) is 0.0515. The average Bonchev–Trinajstić information content (AvgIpc) is 3.24. The van der Waals surface area contributed by atoms with Gasteiger partial charge in [-0.05, 0) is 70.6 Å². The summed E-state index contributed by atoms with van der Waals surface area (Å²) in [5.41, 5.74) is 3.77. The predicted molar refractivity (Wildman–Crippen MR) is 215 cm³/mol. The van der Waals surface area contributed by atoms with E-state index in [0.717, 1.165) is 22.3 Å². The van der Waals surface area contributed by atoms with Crippen molar-refractivity contribution in [3.8, 4) is 11.5 Å². The van der Waals surface area contributed by atoms with E-state index in [-0.39, 0.29) is 52.3 Å². The topological polar surface area (TPSA) is 146 Å². The number of carbonyl (C=O) groups is 1. The summed E-state index contributed by atoms with van der Waals surface area (Å²) in [7, 11) is -2.80. The molecule has 1 N–H and O–H groups in total. The number of ether oxygens (including phenoxy) is 3. The molecule has 292 valence electrons. The lowest BCUT2D eigenvalue weighted by molar-refractivity contribution is -0.386. The molecule has 0 spiro atoms. The van der Waals surface area contributed by atoms with Gasteiger partial charge in [-0.15, -0.1) is 0 Å². The van der Waals surface area contributed by atoms with Crippen molar-refractivity contribution >= 4 is 21.5 Å². The molecule has 0 radical (unpaired) electrons. The summed E-state index contributed by atoms with van der Waals surface area (Å²) >= 11 is 0. The minimum absolute atomic E-state index is 0.00578. The van der Waals surface area contributed by atoms with Gasteiger partial charge in [-0.2, -0.15) is 0 Å². The molecule has 1 atom stereocenters. The monoisotopic (exact) mass is 786 g/mol. The van der Waals surface area contributed by atoms with Crippen LogP contribution in [0.1, 0.15) is 44.3 Å². The summed E-state index contributed by atoms with van der Waals surface area (Å²) in [4.78, 5) is 26.2. The van der Waals surface area contributed by atoms with E-state index in [1.165, 1.54) is 49.6 Å². The summed E-state index contributed by atoms with van der Waals surface area (Å²) in [6.07, 6.45) is -0.528. The Morgan fingerprint density at radius 3 is 1.82 bits per heavy atom. The number of esters is 1. The van der Waals surface area contributed by atoms with E-state index in [9.17, 15) is 28.4 Å². The first-order chi connectivity index (χ1) is 27.6. The number of nitro groups is 1. The van der Waals surface area contributed by atoms with E-state index < -0.39 is 26.8 Å². The van der Waals surface area contributed by atoms with E-state index in [4.69, 9.17) is 14.2 Å². The number of carbonyl (C=O) groups excluding carboxylic acids is 1. The molecule has 0 aliphatic carbocycles. The number of hydrogen-bond donors (Lipinski definition) is 1. The van der Waals surface area contributed by atoms with Gasteiger partial charge in [0.05, 0.1) is 27.9 Å². The molecule has 0 fully saturated rings. The summed E-state index contributed by atoms with van der Waals surface area (Å²) in [5, 5.41) is 23.4. The van der Waals surface area contributed by atoms with Gasteiger partial charge in [0.1, 0.15) is 24.5 Å². The third-order valence-corrected chi connectivity index (χ3v) is 11.1. The first-order valence-corrected chi connectivity index (χ1v) is 19.7. The molecule has 12 heteroatoms. The highest BCUT2D eigenvalue weighted by Gasteiger charge is 2.24. The number of aliphatic hydroxyl groups is 1. The van der Waals surface area contributed by atoms with Crippen molar-refractivity contribution in [2.45, 2.75) is 42.1 Å². The van der Waals surface area contributed by atoms with E-state index in [1.807, 2.05) is 95.9 Å². The second-order valence-corrected chi connectivity index (χ2v) is 15.3. The molecule has 0 bridgehead atoms. The fourth-order valence-electron chi connectivity index (χ4n) is 6.23. The molecule has 6 rings (SSSR count). The van der Waals surface area contributed by atoms with Crippen molar-refractivity contribution < 1.29 is 37.5 Å². The van der Waals surface area contributed by atoms with Crippen LogP contribution in [-0.4, -0.2) is 49.5 Å². The molecule has 0 saturated heterocycles. The molecule has 0 amide bonds. The number of methoxy groups -OCH3 is 1. The molecule has 0 heterocycles. The van der Waals surface area contributed by atoms with E-state index >= 15 is 0 Å². The summed E-state index contributed by atoms with van der Waals surface area (Å²) in [6, 6.07) is 43.6. The van der Waals surface area contributed by atoms with Crippen LogP contribution in [0.3, 0.4) is 0 Å². The summed E-state index contributed by atoms with van der Waals surface area (Å²) in [6.45, 7) is 1.51. The molecule has 0 aliphatic rings. The summed E-state index contributed by atoms with van der Waals surface area (Å²) in [5.74, 6) is -0.410. The number of benzene rings is 6. The maximum absolute atomic E-state index is 13.7. The second-order valence-electron chi connectivity index (χ2n) is 13.3. The number of nitrogens with zero attached hydrogens (tertiary/aromatic N) is 2. The number of rotatable bonds is 18. The maximum Gasteiger partial charge on any atom is 0.341 e. The molecule has 0 unspecified atom stereocenters. The fourth-order valence-corrected chi connectivity index (χ4v) is 7.52. The van der Waals surface area contributed by atoms with E-state index in [1.54, 1.807) is 18.2 Å². The molecule has 0 saturated carbocycles. The lowest BCUT2D eigenvalue weighted by Gasteiger charge is -2.25. The van der Waals surface area contributed by atoms with Gasteiger partial charge >= 0.3 is 11.7 Å². The van der Waals surface area contributed by atoms with Crippen molar-refractivity contribution in [1.82, 2.24) is 4.90 Å². The molecule has 6 aromatic rings. The van der Waals surface area contributed by atoms with Gasteiger partial charge in [-0.3, -0.25) is 15.0 Å². The minimum atomic E-state index is -4.02. The molecular weight excluding hydrogens is 745 g/mol. The Balaban J connectivity index is 1.14. The lowest BCUT2D eigenvalue weighted by Crippen LogP contribution is -2.30. The van der Waals surface area contributed by atoms with Crippen molar-refractivity contribution in [3.63, 3.8) is 0 Å². The minimum Gasteiger partial charge on any atom is -0.488 e. The normalized spacial score (nSPS) is 11.8. The van der Waals surface area contributed by atoms with Gasteiger partial charge in [0.15, 0.2) is 5.75 Å². The van der Waals surface area contributed by atoms with Crippen LogP contribution in [0.15, 0.2) is 161 Å². The zero-order valence-electron chi connectivity index (χ0n) is 31.3. The zero-order valence-corrected chi connectivity index (χ0v) is 32.1. The van der Waals surface area contributed by atoms with Crippen molar-refractivity contribution in [2.75, 3.05) is 20.2 Å². The third kappa shape index (κ3) is 10.7. The van der Waals surface area contributed by atoms with Crippen LogP contribution in [0.4, 0.5) is 5.69 Å². The highest BCUT2D eigenvalue weighted by atomic mass is 32.2. The largest absolute Gasteiger partial charge is 0.488 e. The highest BCUT2D eigenvalue weighted by Crippen LogP contribution is 2.32. The first kappa shape index (κ1) is 40.3. The Morgan fingerprint density at radius 1 is 0.702 bits per heavy atom. The second kappa shape index (κ2) is 19.0. The van der Waals surface area contributed by atoms with Crippen LogP contribution in [0.5, 0.6) is 11.5 Å². The van der Waals surface area contributed by atoms with Gasteiger partial charge in [-0.1, -0.05) is 109 Å². The highest BCUT2D eigenvalue weighted by molar-refractivity contribution is 7.91. The van der Waals surface area contributed by atoms with Crippen LogP contribution in [-0.2, 0) is 40.8 Å². The van der Waals surface area contributed by atoms with Gasteiger partial charge in [0, 0.05) is 25.7 Å². The fraction of sp³-hybridized carbons (Fsp3) is 0.178. The van der Waals surface area contributed by atoms with Crippen LogP contribution in [0, 0.1) is 10.1 Å². The number of sulfone groups is 1. The first-order valence-electron chi connectivity index (χ1n) is 18.2. The maximum atomic E-state index is 13.7. The lowest BCUT2D eigenvalue weighted by atomic mass is 10.1. The van der Waals surface area contributed by atoms with Crippen LogP contribution in [0.25, 0.3) is 0 Å². The Kier molecular flexibility index (Phi) is 13.4. The van der Waals surface area contributed by atoms with Gasteiger partial charge in [-0.25, -0.2) is 13.2 Å². The SMILES string of the molecule is COC(=O)c1cc(S(=O)(=O)c2ccc(CCN(Cc3ccccc3)C[C@@H](O)c3ccc(OCc4ccccc4)c([N+](=O)[O-])c3)cc2)ccc1OCc1ccccc1. The molecule has 0 aromatic heterocycles. The molecule has 6 aromatic carbocycles. The summed E-state index contributed by atoms with van der Waals surface area (Å²) < 4.78 is 44.0. The van der Waals surface area contributed by atoms with Crippen molar-refractivity contribution in [1.29, 1.82) is 0 Å². The molecule has 0 aliphatic heterocycles. The smallest absolute Gasteiger partial charge is 0.341 e. The Bertz CT molecular complexity index is 2380. The van der Waals surface area contributed by atoms with Gasteiger partial charge < -0.3 is 19.3 Å².